The highest BCUT2D eigenvalue weighted by Gasteiger charge is 2.37. The lowest BCUT2D eigenvalue weighted by Gasteiger charge is -2.19. The first-order chi connectivity index (χ1) is 12.3. The molecule has 0 unspecified atom stereocenters. The maximum Gasteiger partial charge on any atom is 0.434 e. The molecule has 152 valence electrons. The van der Waals surface area contributed by atoms with Crippen LogP contribution in [0.15, 0.2) is 0 Å². The smallest absolute Gasteiger partial charge is 0.434 e. The molecular formula is C14H19F3N4O5S. The summed E-state index contributed by atoms with van der Waals surface area (Å²) in [5.41, 5.74) is -2.02. The number of halogens is 3. The number of amides is 3. The molecule has 1 heterocycles. The molecule has 13 heteroatoms. The summed E-state index contributed by atoms with van der Waals surface area (Å²) in [6.07, 6.45) is -5.58. The summed E-state index contributed by atoms with van der Waals surface area (Å²) in [5.74, 6) is -1.53. The van der Waals surface area contributed by atoms with Crippen molar-refractivity contribution in [2.45, 2.75) is 39.2 Å². The van der Waals surface area contributed by atoms with Crippen LogP contribution in [-0.2, 0) is 27.1 Å². The number of alkyl halides is 3. The Morgan fingerprint density at radius 1 is 1.11 bits per heavy atom. The van der Waals surface area contributed by atoms with Crippen LogP contribution in [0.1, 0.15) is 31.3 Å². The van der Waals surface area contributed by atoms with Crippen LogP contribution in [0.3, 0.4) is 0 Å². The Morgan fingerprint density at radius 2 is 1.70 bits per heavy atom. The van der Waals surface area contributed by atoms with Gasteiger partial charge in [0.15, 0.2) is 10.8 Å². The highest BCUT2D eigenvalue weighted by atomic mass is 32.1. The topological polar surface area (TPSA) is 130 Å². The zero-order chi connectivity index (χ0) is 20.8. The van der Waals surface area contributed by atoms with Gasteiger partial charge in [-0.3, -0.25) is 9.59 Å². The molecule has 27 heavy (non-hydrogen) atoms. The van der Waals surface area contributed by atoms with E-state index >= 15 is 0 Å². The highest BCUT2D eigenvalue weighted by molar-refractivity contribution is 7.15. The Kier molecular flexibility index (Phi) is 7.54. The molecule has 0 radical (unpaired) electrons. The van der Waals surface area contributed by atoms with Gasteiger partial charge in [0, 0.05) is 0 Å². The summed E-state index contributed by atoms with van der Waals surface area (Å²) in [5, 5.41) is 15.0. The molecule has 0 aliphatic heterocycles. The van der Waals surface area contributed by atoms with Crippen LogP contribution in [0.5, 0.6) is 0 Å². The molecule has 0 spiro atoms. The van der Waals surface area contributed by atoms with Crippen LogP contribution in [0.4, 0.5) is 23.1 Å². The normalized spacial score (nSPS) is 11.7. The number of nitrogens with one attached hydrogen (secondary N) is 3. The van der Waals surface area contributed by atoms with E-state index in [0.29, 0.717) is 11.3 Å². The fraction of sp³-hybridized carbons (Fsp3) is 0.571. The molecule has 0 aliphatic carbocycles. The second kappa shape index (κ2) is 8.99. The van der Waals surface area contributed by atoms with Gasteiger partial charge in [-0.1, -0.05) is 11.3 Å². The molecule has 1 aromatic heterocycles. The minimum absolute atomic E-state index is 0.363. The van der Waals surface area contributed by atoms with E-state index in [1.807, 2.05) is 0 Å². The van der Waals surface area contributed by atoms with Crippen molar-refractivity contribution < 1.29 is 37.4 Å². The molecule has 1 rings (SSSR count). The third kappa shape index (κ3) is 8.21. The van der Waals surface area contributed by atoms with Crippen molar-refractivity contribution in [1.29, 1.82) is 0 Å². The first-order valence-electron chi connectivity index (χ1n) is 7.53. The van der Waals surface area contributed by atoms with Gasteiger partial charge in [-0.25, -0.2) is 9.78 Å². The van der Waals surface area contributed by atoms with Crippen LogP contribution in [0, 0.1) is 0 Å². The molecule has 9 nitrogen and oxygen atoms in total. The van der Waals surface area contributed by atoms with Crippen LogP contribution in [0.25, 0.3) is 0 Å². The summed E-state index contributed by atoms with van der Waals surface area (Å²) in [4.78, 5) is 37.4. The molecular weight excluding hydrogens is 393 g/mol. The first-order valence-corrected chi connectivity index (χ1v) is 8.34. The number of nitrogens with zero attached hydrogens (tertiary/aromatic N) is 1. The number of rotatable bonds is 6. The van der Waals surface area contributed by atoms with E-state index in [2.05, 4.69) is 20.9 Å². The van der Waals surface area contributed by atoms with E-state index in [-0.39, 0.29) is 5.13 Å². The van der Waals surface area contributed by atoms with Crippen molar-refractivity contribution in [3.63, 3.8) is 0 Å². The zero-order valence-electron chi connectivity index (χ0n) is 14.7. The standard InChI is InChI=1S/C14H19F3N4O5S/c1-13(2,3)26-12(25)19-4-8(23)18-5-9(24)20-11-21-10(14(15,16)17)7(6-22)27-11/h22H,4-6H2,1-3H3,(H,18,23)(H,19,25)(H,20,21,24). The van der Waals surface area contributed by atoms with Crippen LogP contribution < -0.4 is 16.0 Å². The van der Waals surface area contributed by atoms with Gasteiger partial charge in [-0.2, -0.15) is 13.2 Å². The fourth-order valence-electron chi connectivity index (χ4n) is 1.61. The van der Waals surface area contributed by atoms with Gasteiger partial charge >= 0.3 is 12.3 Å². The van der Waals surface area contributed by atoms with Crippen LogP contribution in [-0.4, -0.2) is 46.7 Å². The predicted molar refractivity (Wildman–Crippen MR) is 88.9 cm³/mol. The fourth-order valence-corrected chi connectivity index (χ4v) is 2.46. The van der Waals surface area contributed by atoms with E-state index in [1.54, 1.807) is 20.8 Å². The van der Waals surface area contributed by atoms with E-state index < -0.39 is 60.0 Å². The molecule has 4 N–H and O–H groups in total. The number of hydrogen-bond donors (Lipinski definition) is 4. The minimum atomic E-state index is -4.76. The molecule has 0 bridgehead atoms. The molecule has 0 aromatic carbocycles. The average Bonchev–Trinajstić information content (AvgIpc) is 2.92. The van der Waals surface area contributed by atoms with Gasteiger partial charge in [-0.15, -0.1) is 0 Å². The Hall–Kier alpha value is -2.41. The minimum Gasteiger partial charge on any atom is -0.444 e. The quantitative estimate of drug-likeness (QED) is 0.556. The van der Waals surface area contributed by atoms with Crippen molar-refractivity contribution in [3.05, 3.63) is 10.6 Å². The first kappa shape index (κ1) is 22.6. The van der Waals surface area contributed by atoms with Gasteiger partial charge in [0.1, 0.15) is 12.1 Å². The largest absolute Gasteiger partial charge is 0.444 e. The van der Waals surface area contributed by atoms with Crippen molar-refractivity contribution in [2.75, 3.05) is 18.4 Å². The number of aliphatic hydroxyl groups is 1. The van der Waals surface area contributed by atoms with E-state index in [9.17, 15) is 27.6 Å². The Labute approximate surface area is 156 Å². The molecule has 0 saturated heterocycles. The van der Waals surface area contributed by atoms with Crippen molar-refractivity contribution >= 4 is 34.4 Å². The molecule has 0 fully saturated rings. The number of anilines is 1. The summed E-state index contributed by atoms with van der Waals surface area (Å²) in [7, 11) is 0. The summed E-state index contributed by atoms with van der Waals surface area (Å²) >= 11 is 0.469. The lowest BCUT2D eigenvalue weighted by molar-refractivity contribution is -0.141. The van der Waals surface area contributed by atoms with Crippen molar-refractivity contribution in [2.24, 2.45) is 0 Å². The molecule has 0 saturated carbocycles. The van der Waals surface area contributed by atoms with E-state index in [4.69, 9.17) is 9.84 Å². The van der Waals surface area contributed by atoms with Gasteiger partial charge < -0.3 is 25.8 Å². The predicted octanol–water partition coefficient (Wildman–Crippen LogP) is 1.23. The molecule has 3 amide bonds. The second-order valence-corrected chi connectivity index (χ2v) is 7.21. The summed E-state index contributed by atoms with van der Waals surface area (Å²) < 4.78 is 43.1. The summed E-state index contributed by atoms with van der Waals surface area (Å²) in [6, 6.07) is 0. The molecule has 0 atom stereocenters. The number of ether oxygens (including phenoxy) is 1. The van der Waals surface area contributed by atoms with E-state index in [1.165, 1.54) is 0 Å². The monoisotopic (exact) mass is 412 g/mol. The van der Waals surface area contributed by atoms with Gasteiger partial charge in [-0.05, 0) is 20.8 Å². The lowest BCUT2D eigenvalue weighted by Crippen LogP contribution is -2.41. The van der Waals surface area contributed by atoms with Crippen LogP contribution >= 0.6 is 11.3 Å². The lowest BCUT2D eigenvalue weighted by atomic mass is 10.2. The number of hydrogen-bond acceptors (Lipinski definition) is 7. The number of thiazole rings is 1. The number of alkyl carbamates (subject to hydrolysis) is 1. The number of aromatic nitrogens is 1. The van der Waals surface area contributed by atoms with Gasteiger partial charge in [0.25, 0.3) is 0 Å². The number of carbonyl (C=O) groups is 3. The third-order valence-electron chi connectivity index (χ3n) is 2.59. The zero-order valence-corrected chi connectivity index (χ0v) is 15.5. The Balaban J connectivity index is 2.46. The van der Waals surface area contributed by atoms with Gasteiger partial charge in [0.05, 0.1) is 18.0 Å². The maximum absolute atomic E-state index is 12.7. The van der Waals surface area contributed by atoms with Crippen molar-refractivity contribution in [1.82, 2.24) is 15.6 Å². The SMILES string of the molecule is CC(C)(C)OC(=O)NCC(=O)NCC(=O)Nc1nc(C(F)(F)F)c(CO)s1. The maximum atomic E-state index is 12.7. The Bertz CT molecular complexity index is 700. The van der Waals surface area contributed by atoms with Crippen LogP contribution in [0.2, 0.25) is 0 Å². The number of carbonyl (C=O) groups excluding carboxylic acids is 3. The Morgan fingerprint density at radius 3 is 2.19 bits per heavy atom. The van der Waals surface area contributed by atoms with Gasteiger partial charge in [0.2, 0.25) is 11.8 Å². The summed E-state index contributed by atoms with van der Waals surface area (Å²) in [6.45, 7) is 3.04. The second-order valence-electron chi connectivity index (χ2n) is 6.13. The highest BCUT2D eigenvalue weighted by Crippen LogP contribution is 2.36. The molecule has 1 aromatic rings. The van der Waals surface area contributed by atoms with E-state index in [0.717, 1.165) is 0 Å². The van der Waals surface area contributed by atoms with Crippen molar-refractivity contribution in [3.8, 4) is 0 Å². The average molecular weight is 412 g/mol. The number of aliphatic hydroxyl groups excluding tert-OH is 1. The molecule has 0 aliphatic rings. The third-order valence-corrected chi connectivity index (χ3v) is 3.55.